The number of imidazole rings is 1. The zero-order chi connectivity index (χ0) is 19.2. The number of nitrogens with zero attached hydrogens (tertiary/aromatic N) is 3. The highest BCUT2D eigenvalue weighted by Crippen LogP contribution is 2.39. The highest BCUT2D eigenvalue weighted by atomic mass is 16.5. The third-order valence-electron chi connectivity index (χ3n) is 5.12. The van der Waals surface area contributed by atoms with Crippen molar-refractivity contribution in [2.75, 3.05) is 33.9 Å². The van der Waals surface area contributed by atoms with Gasteiger partial charge in [-0.05, 0) is 25.8 Å². The van der Waals surface area contributed by atoms with E-state index in [0.717, 1.165) is 48.8 Å². The fourth-order valence-corrected chi connectivity index (χ4v) is 3.63. The molecule has 3 rings (SSSR count). The molecule has 1 aliphatic heterocycles. The van der Waals surface area contributed by atoms with Crippen molar-refractivity contribution in [2.24, 2.45) is 0 Å². The molecule has 0 spiro atoms. The maximum absolute atomic E-state index is 12.5. The lowest BCUT2D eigenvalue weighted by molar-refractivity contribution is 0.208. The zero-order valence-electron chi connectivity index (χ0n) is 16.3. The Balaban J connectivity index is 1.50. The predicted octanol–water partition coefficient (Wildman–Crippen LogP) is 2.80. The monoisotopic (exact) mass is 372 g/mol. The largest absolute Gasteiger partial charge is 0.493 e. The summed E-state index contributed by atoms with van der Waals surface area (Å²) in [6, 6.07) is 5.92. The number of aromatic nitrogens is 2. The van der Waals surface area contributed by atoms with Gasteiger partial charge in [-0.3, -0.25) is 0 Å². The molecule has 2 amide bonds. The van der Waals surface area contributed by atoms with Crippen LogP contribution < -0.4 is 14.8 Å². The Morgan fingerprint density at radius 3 is 2.89 bits per heavy atom. The van der Waals surface area contributed by atoms with Crippen LogP contribution in [0.1, 0.15) is 30.1 Å². The van der Waals surface area contributed by atoms with E-state index in [-0.39, 0.29) is 11.9 Å². The molecule has 1 aliphatic rings. The summed E-state index contributed by atoms with van der Waals surface area (Å²) in [5, 5.41) is 3.03. The summed E-state index contributed by atoms with van der Waals surface area (Å²) in [5.74, 6) is 2.75. The van der Waals surface area contributed by atoms with Crippen molar-refractivity contribution in [3.8, 4) is 11.5 Å². The molecule has 1 aromatic heterocycles. The summed E-state index contributed by atoms with van der Waals surface area (Å²) in [6.45, 7) is 4.93. The molecule has 146 valence electrons. The lowest BCUT2D eigenvalue weighted by atomic mass is 9.97. The number of amides is 2. The molecule has 1 saturated heterocycles. The molecule has 0 radical (unpaired) electrons. The van der Waals surface area contributed by atoms with Gasteiger partial charge in [0, 0.05) is 50.1 Å². The maximum Gasteiger partial charge on any atom is 0.317 e. The minimum atomic E-state index is 0.00159. The molecule has 1 fully saturated rings. The fourth-order valence-electron chi connectivity index (χ4n) is 3.63. The molecule has 0 aliphatic carbocycles. The Bertz CT molecular complexity index is 774. The van der Waals surface area contributed by atoms with Gasteiger partial charge in [-0.25, -0.2) is 9.78 Å². The van der Waals surface area contributed by atoms with Gasteiger partial charge in [-0.1, -0.05) is 12.1 Å². The number of hydrogen-bond donors (Lipinski definition) is 1. The van der Waals surface area contributed by atoms with Crippen molar-refractivity contribution in [1.82, 2.24) is 19.8 Å². The predicted molar refractivity (Wildman–Crippen MR) is 103 cm³/mol. The topological polar surface area (TPSA) is 68.6 Å². The first-order valence-electron chi connectivity index (χ1n) is 9.35. The molecule has 2 heterocycles. The Labute approximate surface area is 160 Å². The molecular formula is C20H28N4O3. The van der Waals surface area contributed by atoms with Gasteiger partial charge in [0.25, 0.3) is 0 Å². The van der Waals surface area contributed by atoms with Crippen LogP contribution in [-0.2, 0) is 6.54 Å². The van der Waals surface area contributed by atoms with Crippen LogP contribution in [0.15, 0.2) is 30.6 Å². The number of carbonyl (C=O) groups excluding carboxylic acids is 1. The van der Waals surface area contributed by atoms with E-state index in [4.69, 9.17) is 9.47 Å². The molecule has 2 aromatic rings. The number of urea groups is 1. The summed E-state index contributed by atoms with van der Waals surface area (Å²) < 4.78 is 13.0. The molecule has 0 saturated carbocycles. The molecule has 1 atom stereocenters. The average molecular weight is 372 g/mol. The van der Waals surface area contributed by atoms with Gasteiger partial charge in [-0.15, -0.1) is 0 Å². The molecule has 1 N–H and O–H groups in total. The van der Waals surface area contributed by atoms with Gasteiger partial charge >= 0.3 is 6.03 Å². The molecule has 0 bridgehead atoms. The summed E-state index contributed by atoms with van der Waals surface area (Å²) in [5.41, 5.74) is 1.10. The minimum Gasteiger partial charge on any atom is -0.493 e. The quantitative estimate of drug-likeness (QED) is 0.759. The van der Waals surface area contributed by atoms with Gasteiger partial charge in [0.2, 0.25) is 0 Å². The Kier molecular flexibility index (Phi) is 6.21. The van der Waals surface area contributed by atoms with Crippen molar-refractivity contribution < 1.29 is 14.3 Å². The molecule has 7 heteroatoms. The number of ether oxygens (including phenoxy) is 2. The van der Waals surface area contributed by atoms with Gasteiger partial charge in [-0.2, -0.15) is 0 Å². The van der Waals surface area contributed by atoms with Crippen LogP contribution in [0.5, 0.6) is 11.5 Å². The molecular weight excluding hydrogens is 344 g/mol. The highest BCUT2D eigenvalue weighted by Gasteiger charge is 2.29. The number of para-hydroxylation sites is 1. The number of nitrogens with one attached hydrogen (secondary N) is 1. The number of rotatable bonds is 7. The molecule has 1 aromatic carbocycles. The van der Waals surface area contributed by atoms with Gasteiger partial charge in [0.15, 0.2) is 11.5 Å². The van der Waals surface area contributed by atoms with E-state index in [0.29, 0.717) is 13.1 Å². The number of carbonyl (C=O) groups is 1. The number of benzene rings is 1. The summed E-state index contributed by atoms with van der Waals surface area (Å²) in [6.07, 6.45) is 5.56. The van der Waals surface area contributed by atoms with Crippen LogP contribution in [0, 0.1) is 6.92 Å². The van der Waals surface area contributed by atoms with Gasteiger partial charge < -0.3 is 24.3 Å². The first-order chi connectivity index (χ1) is 13.1. The second-order valence-electron chi connectivity index (χ2n) is 6.77. The number of methoxy groups -OCH3 is 2. The number of hydrogen-bond acceptors (Lipinski definition) is 4. The van der Waals surface area contributed by atoms with E-state index in [2.05, 4.69) is 20.9 Å². The molecule has 0 unspecified atom stereocenters. The lowest BCUT2D eigenvalue weighted by Gasteiger charge is -2.19. The van der Waals surface area contributed by atoms with Crippen molar-refractivity contribution in [3.63, 3.8) is 0 Å². The van der Waals surface area contributed by atoms with Gasteiger partial charge in [0.05, 0.1) is 14.2 Å². The number of likely N-dealkylation sites (tertiary alicyclic amines) is 1. The van der Waals surface area contributed by atoms with Crippen LogP contribution >= 0.6 is 0 Å². The number of aryl methyl sites for hydroxylation is 2. The van der Waals surface area contributed by atoms with Crippen LogP contribution in [0.25, 0.3) is 0 Å². The second-order valence-corrected chi connectivity index (χ2v) is 6.77. The zero-order valence-corrected chi connectivity index (χ0v) is 16.3. The highest BCUT2D eigenvalue weighted by molar-refractivity contribution is 5.74. The van der Waals surface area contributed by atoms with E-state index in [9.17, 15) is 4.79 Å². The van der Waals surface area contributed by atoms with Crippen molar-refractivity contribution >= 4 is 6.03 Å². The van der Waals surface area contributed by atoms with E-state index in [1.54, 1.807) is 20.4 Å². The minimum absolute atomic E-state index is 0.00159. The molecule has 7 nitrogen and oxygen atoms in total. The average Bonchev–Trinajstić information content (AvgIpc) is 3.33. The lowest BCUT2D eigenvalue weighted by Crippen LogP contribution is -2.39. The van der Waals surface area contributed by atoms with E-state index in [1.807, 2.05) is 30.2 Å². The second kappa shape index (κ2) is 8.79. The van der Waals surface area contributed by atoms with E-state index >= 15 is 0 Å². The standard InChI is InChI=1S/C20H28N4O3/c1-15-21-10-13-23(15)11-5-9-22-20(25)24-12-8-16(14-24)17-6-4-7-18(26-2)19(17)27-3/h4,6-7,10,13,16H,5,8-9,11-12,14H2,1-3H3,(H,22,25)/t16-/m1/s1. The van der Waals surface area contributed by atoms with Crippen molar-refractivity contribution in [3.05, 3.63) is 42.0 Å². The van der Waals surface area contributed by atoms with E-state index in [1.165, 1.54) is 0 Å². The third-order valence-corrected chi connectivity index (χ3v) is 5.12. The van der Waals surface area contributed by atoms with Crippen LogP contribution in [-0.4, -0.2) is 54.3 Å². The third kappa shape index (κ3) is 4.35. The van der Waals surface area contributed by atoms with Crippen LogP contribution in [0.2, 0.25) is 0 Å². The van der Waals surface area contributed by atoms with Crippen molar-refractivity contribution in [1.29, 1.82) is 0 Å². The first kappa shape index (κ1) is 19.1. The van der Waals surface area contributed by atoms with Gasteiger partial charge in [0.1, 0.15) is 5.82 Å². The maximum atomic E-state index is 12.5. The van der Waals surface area contributed by atoms with Crippen LogP contribution in [0.3, 0.4) is 0 Å². The SMILES string of the molecule is COc1cccc([C@@H]2CCN(C(=O)NCCCn3ccnc3C)C2)c1OC. The Morgan fingerprint density at radius 2 is 2.19 bits per heavy atom. The molecule has 27 heavy (non-hydrogen) atoms. The smallest absolute Gasteiger partial charge is 0.317 e. The summed E-state index contributed by atoms with van der Waals surface area (Å²) in [4.78, 5) is 18.6. The van der Waals surface area contributed by atoms with E-state index < -0.39 is 0 Å². The first-order valence-corrected chi connectivity index (χ1v) is 9.35. The van der Waals surface area contributed by atoms with Crippen molar-refractivity contribution in [2.45, 2.75) is 32.2 Å². The Hall–Kier alpha value is -2.70. The normalized spacial score (nSPS) is 16.4. The summed E-state index contributed by atoms with van der Waals surface area (Å²) >= 11 is 0. The van der Waals surface area contributed by atoms with Crippen LogP contribution in [0.4, 0.5) is 4.79 Å². The summed E-state index contributed by atoms with van der Waals surface area (Å²) in [7, 11) is 3.30. The fraction of sp³-hybridized carbons (Fsp3) is 0.500. The Morgan fingerprint density at radius 1 is 1.33 bits per heavy atom.